The largest absolute Gasteiger partial charge is 0.339 e. The van der Waals surface area contributed by atoms with Crippen molar-refractivity contribution in [2.24, 2.45) is 0 Å². The number of rotatable bonds is 7. The second-order valence-corrected chi connectivity index (χ2v) is 9.21. The molecular weight excluding hydrogens is 448 g/mol. The maximum absolute atomic E-state index is 12.9. The normalized spacial score (nSPS) is 14.6. The van der Waals surface area contributed by atoms with Gasteiger partial charge < -0.3 is 4.90 Å². The number of piperazine rings is 1. The summed E-state index contributed by atoms with van der Waals surface area (Å²) in [5.41, 5.74) is 1.90. The van der Waals surface area contributed by atoms with Crippen LogP contribution in [0.2, 0.25) is 0 Å². The number of amides is 1. The molecule has 0 bridgehead atoms. The maximum Gasteiger partial charge on any atom is 0.263 e. The molecule has 4 aromatic rings. The third-order valence-electron chi connectivity index (χ3n) is 6.09. The average Bonchev–Trinajstić information content (AvgIpc) is 3.30. The van der Waals surface area contributed by atoms with E-state index >= 15 is 0 Å². The van der Waals surface area contributed by atoms with E-state index in [1.807, 2.05) is 33.6 Å². The highest BCUT2D eigenvalue weighted by Crippen LogP contribution is 2.22. The molecule has 174 valence electrons. The van der Waals surface area contributed by atoms with E-state index in [2.05, 4.69) is 45.9 Å². The van der Waals surface area contributed by atoms with E-state index in [4.69, 9.17) is 0 Å². The van der Waals surface area contributed by atoms with Gasteiger partial charge >= 0.3 is 0 Å². The highest BCUT2D eigenvalue weighted by Gasteiger charge is 2.23. The molecule has 34 heavy (non-hydrogen) atoms. The number of fused-ring (bicyclic) bond motifs is 3. The van der Waals surface area contributed by atoms with Gasteiger partial charge in [-0.05, 0) is 17.7 Å². The Labute approximate surface area is 201 Å². The lowest BCUT2D eigenvalue weighted by Crippen LogP contribution is -2.48. The summed E-state index contributed by atoms with van der Waals surface area (Å²) in [5.74, 6) is 0.812. The summed E-state index contributed by atoms with van der Waals surface area (Å²) in [5, 5.41) is 9.75. The van der Waals surface area contributed by atoms with Crippen LogP contribution in [0.3, 0.4) is 0 Å². The van der Waals surface area contributed by atoms with Crippen molar-refractivity contribution in [2.45, 2.75) is 18.2 Å². The Morgan fingerprint density at radius 3 is 2.50 bits per heavy atom. The van der Waals surface area contributed by atoms with Crippen LogP contribution in [0.4, 0.5) is 0 Å². The zero-order valence-electron chi connectivity index (χ0n) is 18.8. The zero-order valence-corrected chi connectivity index (χ0v) is 19.7. The van der Waals surface area contributed by atoms with Gasteiger partial charge in [-0.3, -0.25) is 23.5 Å². The Morgan fingerprint density at radius 2 is 1.74 bits per heavy atom. The first kappa shape index (κ1) is 22.4. The van der Waals surface area contributed by atoms with Crippen molar-refractivity contribution in [3.05, 3.63) is 83.2 Å². The summed E-state index contributed by atoms with van der Waals surface area (Å²) in [6.07, 6.45) is 1.67. The van der Waals surface area contributed by atoms with E-state index in [0.29, 0.717) is 36.0 Å². The smallest absolute Gasteiger partial charge is 0.263 e. The molecule has 9 heteroatoms. The Hall–Kier alpha value is -3.43. The Kier molecular flexibility index (Phi) is 6.46. The molecule has 1 fully saturated rings. The fraction of sp³-hybridized carbons (Fsp3) is 0.280. The summed E-state index contributed by atoms with van der Waals surface area (Å²) in [7, 11) is 0. The zero-order chi connectivity index (χ0) is 23.5. The standard InChI is InChI=1S/C25H26N6O2S/c1-2-12-30-23(33)20-10-6-7-11-21(20)31-24(30)26-27-25(31)34-18-22(32)29-15-13-28(14-16-29)17-19-8-4-3-5-9-19/h2-11H,1,12-18H2. The lowest BCUT2D eigenvalue weighted by atomic mass is 10.2. The number of para-hydroxylation sites is 1. The number of benzene rings is 2. The minimum absolute atomic E-state index is 0.0878. The first-order valence-corrected chi connectivity index (χ1v) is 12.3. The van der Waals surface area contributed by atoms with E-state index in [1.165, 1.54) is 17.3 Å². The van der Waals surface area contributed by atoms with Crippen LogP contribution < -0.4 is 5.56 Å². The van der Waals surface area contributed by atoms with Crippen molar-refractivity contribution >= 4 is 34.3 Å². The summed E-state index contributed by atoms with van der Waals surface area (Å²) >= 11 is 1.35. The molecule has 2 aromatic heterocycles. The molecule has 0 N–H and O–H groups in total. The van der Waals surface area contributed by atoms with Crippen LogP contribution in [0.15, 0.2) is 77.2 Å². The van der Waals surface area contributed by atoms with Crippen molar-refractivity contribution in [3.63, 3.8) is 0 Å². The molecule has 0 radical (unpaired) electrons. The number of allylic oxidation sites excluding steroid dienone is 1. The molecule has 0 atom stereocenters. The van der Waals surface area contributed by atoms with Gasteiger partial charge in [0, 0.05) is 39.3 Å². The molecule has 2 aromatic carbocycles. The third-order valence-corrected chi connectivity index (χ3v) is 7.00. The van der Waals surface area contributed by atoms with Gasteiger partial charge in [0.05, 0.1) is 16.7 Å². The number of thioether (sulfide) groups is 1. The maximum atomic E-state index is 12.9. The highest BCUT2D eigenvalue weighted by molar-refractivity contribution is 7.99. The van der Waals surface area contributed by atoms with E-state index < -0.39 is 0 Å². The summed E-state index contributed by atoms with van der Waals surface area (Å²) in [4.78, 5) is 30.2. The van der Waals surface area contributed by atoms with Crippen LogP contribution in [-0.4, -0.2) is 66.8 Å². The van der Waals surface area contributed by atoms with Crippen LogP contribution in [-0.2, 0) is 17.9 Å². The van der Waals surface area contributed by atoms with Gasteiger partial charge in [0.25, 0.3) is 5.56 Å². The third kappa shape index (κ3) is 4.36. The van der Waals surface area contributed by atoms with Gasteiger partial charge in [-0.2, -0.15) is 0 Å². The summed E-state index contributed by atoms with van der Waals surface area (Å²) < 4.78 is 3.41. The number of nitrogens with zero attached hydrogens (tertiary/aromatic N) is 6. The number of carbonyl (C=O) groups is 1. The lowest BCUT2D eigenvalue weighted by molar-refractivity contribution is -0.130. The predicted molar refractivity (Wildman–Crippen MR) is 134 cm³/mol. The Balaban J connectivity index is 1.29. The van der Waals surface area contributed by atoms with Gasteiger partial charge in [0.15, 0.2) is 5.16 Å². The Bertz CT molecular complexity index is 1390. The van der Waals surface area contributed by atoms with Crippen molar-refractivity contribution < 1.29 is 4.79 Å². The quantitative estimate of drug-likeness (QED) is 0.303. The number of aromatic nitrogens is 4. The van der Waals surface area contributed by atoms with Gasteiger partial charge in [-0.15, -0.1) is 16.8 Å². The SMILES string of the molecule is C=CCn1c(=O)c2ccccc2n2c(SCC(=O)N3CCN(Cc4ccccc4)CC3)nnc12. The molecule has 1 amide bonds. The summed E-state index contributed by atoms with van der Waals surface area (Å²) in [6.45, 7) is 8.15. The van der Waals surface area contributed by atoms with Crippen molar-refractivity contribution in [1.82, 2.24) is 29.0 Å². The predicted octanol–water partition coefficient (Wildman–Crippen LogP) is 2.67. The van der Waals surface area contributed by atoms with Crippen LogP contribution in [0.25, 0.3) is 16.7 Å². The number of hydrogen-bond acceptors (Lipinski definition) is 6. The van der Waals surface area contributed by atoms with Crippen LogP contribution in [0.5, 0.6) is 0 Å². The fourth-order valence-electron chi connectivity index (χ4n) is 4.34. The van der Waals surface area contributed by atoms with Crippen LogP contribution in [0.1, 0.15) is 5.56 Å². The monoisotopic (exact) mass is 474 g/mol. The van der Waals surface area contributed by atoms with E-state index in [1.54, 1.807) is 16.7 Å². The van der Waals surface area contributed by atoms with Gasteiger partial charge in [-0.1, -0.05) is 60.3 Å². The topological polar surface area (TPSA) is 75.7 Å². The molecule has 0 spiro atoms. The van der Waals surface area contributed by atoms with E-state index in [0.717, 1.165) is 25.2 Å². The molecule has 0 aliphatic carbocycles. The fourth-order valence-corrected chi connectivity index (χ4v) is 5.18. The molecule has 0 unspecified atom stereocenters. The van der Waals surface area contributed by atoms with Crippen LogP contribution >= 0.6 is 11.8 Å². The first-order valence-electron chi connectivity index (χ1n) is 11.3. The molecule has 1 saturated heterocycles. The minimum Gasteiger partial charge on any atom is -0.339 e. The van der Waals surface area contributed by atoms with E-state index in [9.17, 15) is 9.59 Å². The van der Waals surface area contributed by atoms with Crippen molar-refractivity contribution in [3.8, 4) is 0 Å². The van der Waals surface area contributed by atoms with Gasteiger partial charge in [0.2, 0.25) is 11.7 Å². The van der Waals surface area contributed by atoms with Crippen molar-refractivity contribution in [1.29, 1.82) is 0 Å². The minimum atomic E-state index is -0.128. The Morgan fingerprint density at radius 1 is 1.00 bits per heavy atom. The second-order valence-electron chi connectivity index (χ2n) is 8.27. The van der Waals surface area contributed by atoms with Gasteiger partial charge in [0.1, 0.15) is 0 Å². The number of hydrogen-bond donors (Lipinski definition) is 0. The van der Waals surface area contributed by atoms with Crippen LogP contribution in [0, 0.1) is 0 Å². The molecule has 1 aliphatic heterocycles. The van der Waals surface area contributed by atoms with E-state index in [-0.39, 0.29) is 17.2 Å². The molecule has 5 rings (SSSR count). The van der Waals surface area contributed by atoms with Crippen molar-refractivity contribution in [2.75, 3.05) is 31.9 Å². The lowest BCUT2D eigenvalue weighted by Gasteiger charge is -2.34. The average molecular weight is 475 g/mol. The number of carbonyl (C=O) groups excluding carboxylic acids is 1. The van der Waals surface area contributed by atoms with Gasteiger partial charge in [-0.25, -0.2) is 0 Å². The summed E-state index contributed by atoms with van der Waals surface area (Å²) in [6, 6.07) is 17.8. The first-order chi connectivity index (χ1) is 16.7. The molecule has 1 aliphatic rings. The second kappa shape index (κ2) is 9.82. The molecule has 0 saturated carbocycles. The molecule has 8 nitrogen and oxygen atoms in total. The highest BCUT2D eigenvalue weighted by atomic mass is 32.2. The molecule has 3 heterocycles. The molecular formula is C25H26N6O2S.